The summed E-state index contributed by atoms with van der Waals surface area (Å²) in [5, 5.41) is 0. The Morgan fingerprint density at radius 2 is 0.250 bits per heavy atom. The van der Waals surface area contributed by atoms with Crippen LogP contribution in [0.1, 0.15) is 0 Å². The van der Waals surface area contributed by atoms with Crippen LogP contribution in [0.4, 0.5) is 0 Å². The topological polar surface area (TPSA) is 378 Å². The van der Waals surface area contributed by atoms with Gasteiger partial charge >= 0.3 is 75.5 Å². The van der Waals surface area contributed by atoms with Crippen molar-refractivity contribution in [2.75, 3.05) is 0 Å². The van der Waals surface area contributed by atoms with E-state index in [0.717, 1.165) is 0 Å². The van der Waals surface area contributed by atoms with Crippen LogP contribution in [0, 0.1) is 0 Å². The van der Waals surface area contributed by atoms with Crippen molar-refractivity contribution in [2.24, 2.45) is 0 Å². The Morgan fingerprint density at radius 3 is 0.250 bits per heavy atom. The summed E-state index contributed by atoms with van der Waals surface area (Å²) in [6, 6.07) is 0. The third kappa shape index (κ3) is 532. The summed E-state index contributed by atoms with van der Waals surface area (Å²) in [6.45, 7) is 0. The van der Waals surface area contributed by atoms with Crippen molar-refractivity contribution in [1.82, 2.24) is 0 Å². The molecule has 0 aromatic rings. The van der Waals surface area contributed by atoms with Gasteiger partial charge in [0, 0.05) is 0 Å². The molecule has 0 spiro atoms. The van der Waals surface area contributed by atoms with Crippen molar-refractivity contribution in [2.45, 2.75) is 0 Å². The predicted octanol–water partition coefficient (Wildman–Crippen LogP) is -10.7. The molecule has 120 valence electrons. The Morgan fingerprint density at radius 1 is 0.250 bits per heavy atom. The second-order valence-electron chi connectivity index (χ2n) is 0. The van der Waals surface area contributed by atoms with E-state index in [1.54, 1.807) is 0 Å². The predicted molar refractivity (Wildman–Crippen MR) is 78.0 cm³/mol. The van der Waals surface area contributed by atoms with Crippen LogP contribution in [0.2, 0.25) is 0 Å². The molecule has 0 aliphatic rings. The van der Waals surface area contributed by atoms with Gasteiger partial charge in [0.25, 0.3) is 0 Å². The Bertz CT molecular complexity index is 19.0. The second kappa shape index (κ2) is 638. The summed E-state index contributed by atoms with van der Waals surface area (Å²) in [5.41, 5.74) is 0. The van der Waals surface area contributed by atoms with E-state index in [1.807, 2.05) is 0 Å². The van der Waals surface area contributed by atoms with Gasteiger partial charge in [-0.15, -0.1) is 29.4 Å². The Kier molecular flexibility index (Phi) is 30100. The van der Waals surface area contributed by atoms with E-state index in [0.29, 0.717) is 0 Å². The fraction of sp³-hybridized carbons (Fsp3) is 0. The molecule has 0 aliphatic heterocycles. The van der Waals surface area contributed by atoms with Gasteiger partial charge in [-0.05, 0) is 0 Å². The van der Waals surface area contributed by atoms with Crippen molar-refractivity contribution in [1.29, 1.82) is 0 Å². The molecule has 0 aliphatic carbocycles. The summed E-state index contributed by atoms with van der Waals surface area (Å²) in [6.07, 6.45) is 0. The first-order chi connectivity index (χ1) is 0. The van der Waals surface area contributed by atoms with E-state index in [-0.39, 0.29) is 171 Å². The molecule has 0 saturated carbocycles. The molecule has 16 heavy (non-hydrogen) atoms. The van der Waals surface area contributed by atoms with Crippen molar-refractivity contribution >= 4 is 105 Å². The van der Waals surface area contributed by atoms with Gasteiger partial charge in [-0.1, -0.05) is 0 Å². The van der Waals surface area contributed by atoms with Gasteiger partial charge in [-0.3, -0.25) is 0 Å². The molecule has 0 radical (unpaired) electrons. The fourth-order valence-corrected chi connectivity index (χ4v) is 0. The first-order valence-electron chi connectivity index (χ1n) is 0. The van der Waals surface area contributed by atoms with Crippen molar-refractivity contribution in [3.8, 4) is 0 Å². The molecule has 0 bridgehead atoms. The van der Waals surface area contributed by atoms with E-state index in [2.05, 4.69) is 0 Å². The van der Waals surface area contributed by atoms with Gasteiger partial charge in [0.05, 0.1) is 0 Å². The van der Waals surface area contributed by atoms with E-state index in [9.17, 15) is 0 Å². The van der Waals surface area contributed by atoms with E-state index < -0.39 is 0 Å². The fourth-order valence-electron chi connectivity index (χ4n) is 0. The van der Waals surface area contributed by atoms with Crippen LogP contribution in [0.15, 0.2) is 0 Å². The summed E-state index contributed by atoms with van der Waals surface area (Å²) < 4.78 is 0. The van der Waals surface area contributed by atoms with E-state index in [4.69, 9.17) is 0 Å². The van der Waals surface area contributed by atoms with Crippen LogP contribution in [-0.4, -0.2) is 141 Å². The summed E-state index contributed by atoms with van der Waals surface area (Å²) in [7, 11) is 0. The van der Waals surface area contributed by atoms with Crippen LogP contribution >= 0.6 is 29.4 Å². The molecular formula is H30BrCa2ClO12. The van der Waals surface area contributed by atoms with Crippen LogP contribution in [0.25, 0.3) is 0 Å². The zero-order valence-corrected chi connectivity index (χ0v) is 9.35. The average molecular weight is 418 g/mol. The molecule has 0 saturated heterocycles. The maximum atomic E-state index is 0. The monoisotopic (exact) mass is 416 g/mol. The molecule has 16 heteroatoms. The van der Waals surface area contributed by atoms with Crippen molar-refractivity contribution in [3.05, 3.63) is 0 Å². The SMILES string of the molecule is Br.Cl.O.O.O.O.O.O.O.O.O.O.O.O.[CaH2].[CaH2]. The number of hydrogen-bond acceptors (Lipinski definition) is 0. The molecule has 0 aromatic carbocycles. The molecule has 0 aromatic heterocycles. The molecule has 0 heterocycles. The average Bonchev–Trinajstić information content (AvgIpc) is 0. The molecule has 12 nitrogen and oxygen atoms in total. The second-order valence-corrected chi connectivity index (χ2v) is 0. The van der Waals surface area contributed by atoms with Gasteiger partial charge in [0.1, 0.15) is 0 Å². The van der Waals surface area contributed by atoms with Gasteiger partial charge in [0.15, 0.2) is 0 Å². The summed E-state index contributed by atoms with van der Waals surface area (Å²) in [4.78, 5) is 0. The quantitative estimate of drug-likeness (QED) is 0.331. The Balaban J connectivity index is 0. The van der Waals surface area contributed by atoms with E-state index >= 15 is 0 Å². The molecule has 24 N–H and O–H groups in total. The third-order valence-corrected chi connectivity index (χ3v) is 0. The molecule has 0 atom stereocenters. The maximum absolute atomic E-state index is 0. The third-order valence-electron chi connectivity index (χ3n) is 0. The van der Waals surface area contributed by atoms with E-state index in [1.165, 1.54) is 0 Å². The summed E-state index contributed by atoms with van der Waals surface area (Å²) >= 11 is 0. The minimum absolute atomic E-state index is 0. The molecule has 0 rings (SSSR count). The van der Waals surface area contributed by atoms with Gasteiger partial charge < -0.3 is 65.7 Å². The van der Waals surface area contributed by atoms with Crippen molar-refractivity contribution in [3.63, 3.8) is 0 Å². The molecule has 0 fully saturated rings. The number of hydrogen-bond donors (Lipinski definition) is 0. The zero-order valence-electron chi connectivity index (χ0n) is 6.82. The summed E-state index contributed by atoms with van der Waals surface area (Å²) in [5.74, 6) is 0. The minimum atomic E-state index is 0. The van der Waals surface area contributed by atoms with Crippen LogP contribution < -0.4 is 0 Å². The normalized spacial score (nSPS) is 0. The first-order valence-corrected chi connectivity index (χ1v) is 0. The van der Waals surface area contributed by atoms with Crippen LogP contribution in [-0.2, 0) is 0 Å². The van der Waals surface area contributed by atoms with Gasteiger partial charge in [-0.2, -0.15) is 0 Å². The van der Waals surface area contributed by atoms with Gasteiger partial charge in [0.2, 0.25) is 0 Å². The van der Waals surface area contributed by atoms with Crippen molar-refractivity contribution < 1.29 is 65.7 Å². The molecular weight excluding hydrogens is 388 g/mol. The van der Waals surface area contributed by atoms with Crippen LogP contribution in [0.5, 0.6) is 0 Å². The Hall–Kier alpha value is 2.81. The molecule has 0 unspecified atom stereocenters. The standard InChI is InChI=1S/BrH.2Ca.ClH.12H2O.4H/h1H;;;1H;12*1H2;;;;. The Labute approximate surface area is 168 Å². The first kappa shape index (κ1) is 756. The van der Waals surface area contributed by atoms with Gasteiger partial charge in [-0.25, -0.2) is 0 Å². The zero-order chi connectivity index (χ0) is 0. The van der Waals surface area contributed by atoms with Crippen LogP contribution in [0.3, 0.4) is 0 Å². The number of halogens is 2. The number of rotatable bonds is 0. The molecule has 0 amide bonds.